The van der Waals surface area contributed by atoms with Crippen LogP contribution in [0.2, 0.25) is 0 Å². The zero-order chi connectivity index (χ0) is 27.4. The monoisotopic (exact) mass is 529 g/mol. The van der Waals surface area contributed by atoms with E-state index in [-0.39, 0.29) is 24.5 Å². The van der Waals surface area contributed by atoms with Gasteiger partial charge in [-0.3, -0.25) is 20.4 Å². The van der Waals surface area contributed by atoms with Crippen molar-refractivity contribution in [2.45, 2.75) is 45.7 Å². The first kappa shape index (κ1) is 26.6. The summed E-state index contributed by atoms with van der Waals surface area (Å²) in [6.07, 6.45) is 0.644. The number of amides is 2. The van der Waals surface area contributed by atoms with Crippen LogP contribution >= 0.6 is 0 Å². The van der Waals surface area contributed by atoms with Crippen LogP contribution in [0.4, 0.5) is 11.5 Å². The Morgan fingerprint density at radius 2 is 1.87 bits per heavy atom. The second-order valence-electron chi connectivity index (χ2n) is 10.3. The lowest BCUT2D eigenvalue weighted by molar-refractivity contribution is -0.129. The number of anilines is 2. The summed E-state index contributed by atoms with van der Waals surface area (Å²) in [5, 5.41) is 6.31. The van der Waals surface area contributed by atoms with E-state index in [0.29, 0.717) is 42.8 Å². The van der Waals surface area contributed by atoms with Gasteiger partial charge in [-0.1, -0.05) is 24.3 Å². The highest BCUT2D eigenvalue weighted by molar-refractivity contribution is 5.78. The molecule has 3 aromatic rings. The number of hydrazine groups is 1. The van der Waals surface area contributed by atoms with E-state index in [2.05, 4.69) is 45.8 Å². The number of nitrogens with zero attached hydrogens (tertiary/aromatic N) is 3. The highest BCUT2D eigenvalue weighted by atomic mass is 16.5. The van der Waals surface area contributed by atoms with E-state index in [1.54, 1.807) is 6.92 Å². The highest BCUT2D eigenvalue weighted by Crippen LogP contribution is 2.31. The topological polar surface area (TPSA) is 121 Å². The SMILES string of the molecule is CC(=O)N1CCc2nc(-c3cccc(OCC(=O)NC(C)C)c3)nc(Nc3ccc(C4CNNC4)cc3)c2C1. The number of nitrogens with one attached hydrogen (secondary N) is 4. The van der Waals surface area contributed by atoms with Gasteiger partial charge in [0.1, 0.15) is 11.6 Å². The summed E-state index contributed by atoms with van der Waals surface area (Å²) in [5.41, 5.74) is 11.2. The average Bonchev–Trinajstić information content (AvgIpc) is 3.47. The molecule has 3 heterocycles. The van der Waals surface area contributed by atoms with Crippen LogP contribution in [0.15, 0.2) is 48.5 Å². The summed E-state index contributed by atoms with van der Waals surface area (Å²) >= 11 is 0. The van der Waals surface area contributed by atoms with Crippen molar-refractivity contribution in [3.8, 4) is 17.1 Å². The Morgan fingerprint density at radius 1 is 1.10 bits per heavy atom. The van der Waals surface area contributed by atoms with Crippen LogP contribution in [0.25, 0.3) is 11.4 Å². The van der Waals surface area contributed by atoms with E-state index in [4.69, 9.17) is 14.7 Å². The minimum Gasteiger partial charge on any atom is -0.484 e. The van der Waals surface area contributed by atoms with E-state index in [9.17, 15) is 9.59 Å². The van der Waals surface area contributed by atoms with Gasteiger partial charge in [0.05, 0.1) is 12.2 Å². The molecule has 204 valence electrons. The Morgan fingerprint density at radius 3 is 2.59 bits per heavy atom. The smallest absolute Gasteiger partial charge is 0.258 e. The number of fused-ring (bicyclic) bond motifs is 1. The average molecular weight is 530 g/mol. The minimum atomic E-state index is -0.173. The Balaban J connectivity index is 1.42. The number of rotatable bonds is 8. The van der Waals surface area contributed by atoms with Gasteiger partial charge in [0.15, 0.2) is 12.4 Å². The Bertz CT molecular complexity index is 1340. The van der Waals surface area contributed by atoms with Gasteiger partial charge >= 0.3 is 0 Å². The number of carbonyl (C=O) groups excluding carboxylic acids is 2. The maximum Gasteiger partial charge on any atom is 0.258 e. The summed E-state index contributed by atoms with van der Waals surface area (Å²) in [5.74, 6) is 2.10. The fourth-order valence-corrected chi connectivity index (χ4v) is 4.83. The van der Waals surface area contributed by atoms with Crippen molar-refractivity contribution < 1.29 is 14.3 Å². The van der Waals surface area contributed by atoms with Crippen LogP contribution in [0.5, 0.6) is 5.75 Å². The highest BCUT2D eigenvalue weighted by Gasteiger charge is 2.25. The molecule has 2 amide bonds. The molecule has 2 aliphatic rings. The van der Waals surface area contributed by atoms with Crippen LogP contribution in [-0.2, 0) is 22.6 Å². The van der Waals surface area contributed by atoms with Gasteiger partial charge in [0.2, 0.25) is 5.91 Å². The van der Waals surface area contributed by atoms with E-state index >= 15 is 0 Å². The summed E-state index contributed by atoms with van der Waals surface area (Å²) in [6, 6.07) is 15.9. The zero-order valence-corrected chi connectivity index (χ0v) is 22.6. The number of hydrogen-bond acceptors (Lipinski definition) is 8. The van der Waals surface area contributed by atoms with Crippen molar-refractivity contribution in [2.24, 2.45) is 0 Å². The van der Waals surface area contributed by atoms with E-state index < -0.39 is 0 Å². The molecule has 1 saturated heterocycles. The Hall–Kier alpha value is -4.02. The molecule has 1 fully saturated rings. The molecule has 1 aromatic heterocycles. The van der Waals surface area contributed by atoms with Crippen molar-refractivity contribution in [1.29, 1.82) is 0 Å². The second kappa shape index (κ2) is 11.8. The number of carbonyl (C=O) groups is 2. The standard InChI is InChI=1S/C29H35N7O3/c1-18(2)32-27(38)17-39-24-6-4-5-21(13-24)28-34-26-11-12-36(19(3)37)16-25(26)29(35-28)33-23-9-7-20(8-10-23)22-14-30-31-15-22/h4-10,13,18,22,30-31H,11-12,14-17H2,1-3H3,(H,32,38)(H,33,34,35). The summed E-state index contributed by atoms with van der Waals surface area (Å²) < 4.78 is 5.73. The van der Waals surface area contributed by atoms with Crippen molar-refractivity contribution in [3.05, 3.63) is 65.4 Å². The Kier molecular flexibility index (Phi) is 8.04. The normalized spacial score (nSPS) is 15.2. The van der Waals surface area contributed by atoms with Crippen LogP contribution in [0.1, 0.15) is 43.5 Å². The van der Waals surface area contributed by atoms with Gasteiger partial charge in [-0.25, -0.2) is 9.97 Å². The molecular weight excluding hydrogens is 494 g/mol. The van der Waals surface area contributed by atoms with Gasteiger partial charge in [0.25, 0.3) is 5.91 Å². The van der Waals surface area contributed by atoms with E-state index in [1.165, 1.54) is 5.56 Å². The van der Waals surface area contributed by atoms with Crippen molar-refractivity contribution in [2.75, 3.05) is 31.6 Å². The molecule has 0 spiro atoms. The molecule has 4 N–H and O–H groups in total. The maximum atomic E-state index is 12.1. The molecule has 0 unspecified atom stereocenters. The third-order valence-electron chi connectivity index (χ3n) is 6.88. The van der Waals surface area contributed by atoms with Crippen LogP contribution in [-0.4, -0.2) is 59.0 Å². The number of benzene rings is 2. The maximum absolute atomic E-state index is 12.1. The first-order valence-corrected chi connectivity index (χ1v) is 13.4. The van der Waals surface area contributed by atoms with Crippen LogP contribution < -0.4 is 26.2 Å². The number of ether oxygens (including phenoxy) is 1. The molecule has 10 nitrogen and oxygen atoms in total. The van der Waals surface area contributed by atoms with Crippen molar-refractivity contribution >= 4 is 23.3 Å². The first-order chi connectivity index (χ1) is 18.9. The van der Waals surface area contributed by atoms with Gasteiger partial charge in [-0.05, 0) is 43.7 Å². The van der Waals surface area contributed by atoms with Crippen molar-refractivity contribution in [1.82, 2.24) is 31.0 Å². The van der Waals surface area contributed by atoms with Gasteiger partial charge in [-0.2, -0.15) is 0 Å². The molecular formula is C29H35N7O3. The predicted octanol–water partition coefficient (Wildman–Crippen LogP) is 2.89. The molecule has 0 aliphatic carbocycles. The van der Waals surface area contributed by atoms with Gasteiger partial charge in [-0.15, -0.1) is 0 Å². The Labute approximate surface area is 228 Å². The fourth-order valence-electron chi connectivity index (χ4n) is 4.83. The lowest BCUT2D eigenvalue weighted by atomic mass is 10.00. The van der Waals surface area contributed by atoms with Crippen molar-refractivity contribution in [3.63, 3.8) is 0 Å². The minimum absolute atomic E-state index is 0.0326. The van der Waals surface area contributed by atoms with Crippen LogP contribution in [0.3, 0.4) is 0 Å². The summed E-state index contributed by atoms with van der Waals surface area (Å²) in [7, 11) is 0. The summed E-state index contributed by atoms with van der Waals surface area (Å²) in [4.78, 5) is 35.8. The van der Waals surface area contributed by atoms with Gasteiger partial charge < -0.3 is 20.3 Å². The quantitative estimate of drug-likeness (QED) is 0.352. The number of hydrogen-bond donors (Lipinski definition) is 4. The largest absolute Gasteiger partial charge is 0.484 e. The predicted molar refractivity (Wildman–Crippen MR) is 150 cm³/mol. The molecule has 0 atom stereocenters. The second-order valence-corrected chi connectivity index (χ2v) is 10.3. The third-order valence-corrected chi connectivity index (χ3v) is 6.88. The molecule has 0 saturated carbocycles. The molecule has 5 rings (SSSR count). The molecule has 10 heteroatoms. The van der Waals surface area contributed by atoms with Crippen LogP contribution in [0, 0.1) is 0 Å². The first-order valence-electron chi connectivity index (χ1n) is 13.4. The van der Waals surface area contributed by atoms with E-state index in [0.717, 1.165) is 35.6 Å². The lowest BCUT2D eigenvalue weighted by Crippen LogP contribution is -2.35. The molecule has 2 aromatic carbocycles. The van der Waals surface area contributed by atoms with Gasteiger partial charge in [0, 0.05) is 61.8 Å². The lowest BCUT2D eigenvalue weighted by Gasteiger charge is -2.29. The molecule has 39 heavy (non-hydrogen) atoms. The molecule has 0 bridgehead atoms. The third kappa shape index (κ3) is 6.52. The molecule has 0 radical (unpaired) electrons. The number of aromatic nitrogens is 2. The molecule has 2 aliphatic heterocycles. The summed E-state index contributed by atoms with van der Waals surface area (Å²) in [6.45, 7) is 8.22. The zero-order valence-electron chi connectivity index (χ0n) is 22.6. The fraction of sp³-hybridized carbons (Fsp3) is 0.379. The van der Waals surface area contributed by atoms with E-state index in [1.807, 2.05) is 43.0 Å².